The van der Waals surface area contributed by atoms with Gasteiger partial charge in [0.05, 0.1) is 11.4 Å². The highest BCUT2D eigenvalue weighted by Crippen LogP contribution is 2.25. The lowest BCUT2D eigenvalue weighted by Crippen LogP contribution is -2.54. The number of nitrogens with zero attached hydrogens (tertiary/aromatic N) is 2. The van der Waals surface area contributed by atoms with E-state index < -0.39 is 23.7 Å². The highest BCUT2D eigenvalue weighted by atomic mass is 19.1. The van der Waals surface area contributed by atoms with E-state index in [1.54, 1.807) is 67.7 Å². The van der Waals surface area contributed by atoms with Gasteiger partial charge in [0.15, 0.2) is 0 Å². The molecule has 0 aliphatic carbocycles. The third kappa shape index (κ3) is 3.23. The van der Waals surface area contributed by atoms with Crippen LogP contribution in [0.5, 0.6) is 0 Å². The molecule has 0 radical (unpaired) electrons. The highest BCUT2D eigenvalue weighted by Gasteiger charge is 2.37. The summed E-state index contributed by atoms with van der Waals surface area (Å²) in [7, 11) is 0. The van der Waals surface area contributed by atoms with Crippen molar-refractivity contribution >= 4 is 29.6 Å². The summed E-state index contributed by atoms with van der Waals surface area (Å²) in [6.07, 6.45) is 2.97. The molecule has 0 unspecified atom stereocenters. The molecule has 2 heterocycles. The standard InChI is InChI=1S/C22H16FN3O3/c1-14-7-2-4-10-18(14)26-21(28)16(20(27)24-22(26)29)13-15-8-6-12-25(15)19-11-5-3-9-17(19)23/h2-13H,1H3,(H,24,27,29)/b16-13-. The minimum atomic E-state index is -0.809. The molecule has 144 valence electrons. The van der Waals surface area contributed by atoms with Crippen molar-refractivity contribution in [1.29, 1.82) is 0 Å². The van der Waals surface area contributed by atoms with Crippen molar-refractivity contribution in [2.24, 2.45) is 0 Å². The molecule has 1 aliphatic rings. The van der Waals surface area contributed by atoms with Gasteiger partial charge in [-0.1, -0.05) is 30.3 Å². The lowest BCUT2D eigenvalue weighted by molar-refractivity contribution is -0.122. The lowest BCUT2D eigenvalue weighted by atomic mass is 10.1. The van der Waals surface area contributed by atoms with Gasteiger partial charge in [0.2, 0.25) is 0 Å². The monoisotopic (exact) mass is 389 g/mol. The molecule has 0 saturated carbocycles. The number of carbonyl (C=O) groups excluding carboxylic acids is 3. The van der Waals surface area contributed by atoms with Crippen LogP contribution in [-0.4, -0.2) is 22.4 Å². The van der Waals surface area contributed by atoms with Gasteiger partial charge >= 0.3 is 6.03 Å². The van der Waals surface area contributed by atoms with Gasteiger partial charge in [-0.3, -0.25) is 14.9 Å². The molecular formula is C22H16FN3O3. The van der Waals surface area contributed by atoms with Crippen LogP contribution < -0.4 is 10.2 Å². The predicted octanol–water partition coefficient (Wildman–Crippen LogP) is 3.59. The first-order chi connectivity index (χ1) is 14.0. The van der Waals surface area contributed by atoms with Crippen molar-refractivity contribution < 1.29 is 18.8 Å². The molecule has 1 aromatic heterocycles. The van der Waals surface area contributed by atoms with Crippen LogP contribution in [0.3, 0.4) is 0 Å². The number of hydrogen-bond donors (Lipinski definition) is 1. The van der Waals surface area contributed by atoms with Gasteiger partial charge in [0.25, 0.3) is 11.8 Å². The number of rotatable bonds is 3. The molecule has 4 rings (SSSR count). The molecule has 6 nitrogen and oxygen atoms in total. The number of carbonyl (C=O) groups is 3. The second-order valence-electron chi connectivity index (χ2n) is 6.50. The van der Waals surface area contributed by atoms with E-state index in [0.29, 0.717) is 16.9 Å². The number of anilines is 1. The van der Waals surface area contributed by atoms with Gasteiger partial charge in [-0.15, -0.1) is 0 Å². The van der Waals surface area contributed by atoms with E-state index >= 15 is 0 Å². The number of aromatic nitrogens is 1. The van der Waals surface area contributed by atoms with Crippen molar-refractivity contribution in [2.75, 3.05) is 4.90 Å². The van der Waals surface area contributed by atoms with Crippen LogP contribution in [0, 0.1) is 12.7 Å². The number of benzene rings is 2. The third-order valence-electron chi connectivity index (χ3n) is 4.64. The molecule has 0 atom stereocenters. The van der Waals surface area contributed by atoms with Crippen LogP contribution in [-0.2, 0) is 9.59 Å². The molecule has 4 amide bonds. The fraction of sp³-hybridized carbons (Fsp3) is 0.0455. The van der Waals surface area contributed by atoms with Crippen LogP contribution in [0.4, 0.5) is 14.9 Å². The number of aryl methyl sites for hydroxylation is 1. The van der Waals surface area contributed by atoms with E-state index in [4.69, 9.17) is 0 Å². The van der Waals surface area contributed by atoms with Crippen LogP contribution in [0.1, 0.15) is 11.3 Å². The van der Waals surface area contributed by atoms with E-state index in [1.165, 1.54) is 16.7 Å². The van der Waals surface area contributed by atoms with Crippen molar-refractivity contribution in [1.82, 2.24) is 9.88 Å². The van der Waals surface area contributed by atoms with Gasteiger partial charge in [-0.2, -0.15) is 0 Å². The van der Waals surface area contributed by atoms with E-state index in [1.807, 2.05) is 0 Å². The zero-order valence-corrected chi connectivity index (χ0v) is 15.4. The summed E-state index contributed by atoms with van der Waals surface area (Å²) in [5.41, 5.74) is 1.58. The zero-order chi connectivity index (χ0) is 20.5. The van der Waals surface area contributed by atoms with Crippen LogP contribution in [0.25, 0.3) is 11.8 Å². The fourth-order valence-electron chi connectivity index (χ4n) is 3.22. The average molecular weight is 389 g/mol. The molecule has 3 aromatic rings. The maximum absolute atomic E-state index is 14.2. The van der Waals surface area contributed by atoms with E-state index in [0.717, 1.165) is 4.90 Å². The molecule has 7 heteroatoms. The Morgan fingerprint density at radius 1 is 0.897 bits per heavy atom. The van der Waals surface area contributed by atoms with Crippen molar-refractivity contribution in [2.45, 2.75) is 6.92 Å². The number of imide groups is 2. The van der Waals surface area contributed by atoms with E-state index in [2.05, 4.69) is 5.32 Å². The smallest absolute Gasteiger partial charge is 0.314 e. The van der Waals surface area contributed by atoms with Gasteiger partial charge in [0, 0.05) is 11.9 Å². The molecule has 2 aromatic carbocycles. The van der Waals surface area contributed by atoms with E-state index in [-0.39, 0.29) is 11.3 Å². The van der Waals surface area contributed by atoms with Crippen molar-refractivity contribution in [3.63, 3.8) is 0 Å². The Kier molecular flexibility index (Phi) is 4.56. The second-order valence-corrected chi connectivity index (χ2v) is 6.50. The molecule has 1 N–H and O–H groups in total. The topological polar surface area (TPSA) is 71.4 Å². The Hall–Kier alpha value is -4.00. The lowest BCUT2D eigenvalue weighted by Gasteiger charge is -2.27. The van der Waals surface area contributed by atoms with Gasteiger partial charge in [-0.05, 0) is 48.9 Å². The first kappa shape index (κ1) is 18.4. The maximum Gasteiger partial charge on any atom is 0.335 e. The molecule has 0 spiro atoms. The Balaban J connectivity index is 1.79. The normalized spacial score (nSPS) is 15.7. The van der Waals surface area contributed by atoms with Crippen LogP contribution in [0.2, 0.25) is 0 Å². The van der Waals surface area contributed by atoms with Gasteiger partial charge in [-0.25, -0.2) is 14.1 Å². The molecule has 0 bridgehead atoms. The maximum atomic E-state index is 14.2. The number of para-hydroxylation sites is 2. The minimum absolute atomic E-state index is 0.218. The number of halogens is 1. The summed E-state index contributed by atoms with van der Waals surface area (Å²) >= 11 is 0. The highest BCUT2D eigenvalue weighted by molar-refractivity contribution is 6.39. The Labute approximate surface area is 165 Å². The first-order valence-corrected chi connectivity index (χ1v) is 8.86. The summed E-state index contributed by atoms with van der Waals surface area (Å²) in [6, 6.07) is 15.6. The summed E-state index contributed by atoms with van der Waals surface area (Å²) in [5.74, 6) is -1.99. The Bertz CT molecular complexity index is 1180. The number of urea groups is 1. The third-order valence-corrected chi connectivity index (χ3v) is 4.64. The molecule has 29 heavy (non-hydrogen) atoms. The summed E-state index contributed by atoms with van der Waals surface area (Å²) in [4.78, 5) is 38.7. The Morgan fingerprint density at radius 3 is 2.31 bits per heavy atom. The molecular weight excluding hydrogens is 373 g/mol. The zero-order valence-electron chi connectivity index (χ0n) is 15.4. The molecule has 1 aliphatic heterocycles. The summed E-state index contributed by atoms with van der Waals surface area (Å²) in [5, 5.41) is 2.19. The predicted molar refractivity (Wildman–Crippen MR) is 106 cm³/mol. The first-order valence-electron chi connectivity index (χ1n) is 8.86. The summed E-state index contributed by atoms with van der Waals surface area (Å²) in [6.45, 7) is 1.76. The van der Waals surface area contributed by atoms with Crippen LogP contribution >= 0.6 is 0 Å². The SMILES string of the molecule is Cc1ccccc1N1C(=O)NC(=O)/C(=C/c2cccn2-c2ccccc2F)C1=O. The molecule has 1 fully saturated rings. The Morgan fingerprint density at radius 2 is 1.59 bits per heavy atom. The quantitative estimate of drug-likeness (QED) is 0.550. The summed E-state index contributed by atoms with van der Waals surface area (Å²) < 4.78 is 15.7. The van der Waals surface area contributed by atoms with Crippen molar-refractivity contribution in [3.05, 3.63) is 89.5 Å². The van der Waals surface area contributed by atoms with Crippen LogP contribution in [0.15, 0.2) is 72.4 Å². The number of hydrogen-bond acceptors (Lipinski definition) is 3. The average Bonchev–Trinajstić information content (AvgIpc) is 3.15. The van der Waals surface area contributed by atoms with Gasteiger partial charge in [0.1, 0.15) is 11.4 Å². The van der Waals surface area contributed by atoms with E-state index in [9.17, 15) is 18.8 Å². The second kappa shape index (κ2) is 7.20. The molecule has 1 saturated heterocycles. The number of barbiturate groups is 1. The largest absolute Gasteiger partial charge is 0.335 e. The minimum Gasteiger partial charge on any atom is -0.314 e. The number of nitrogens with one attached hydrogen (secondary N) is 1. The fourth-order valence-corrected chi connectivity index (χ4v) is 3.22. The van der Waals surface area contributed by atoms with Gasteiger partial charge < -0.3 is 4.57 Å². The number of amides is 4. The van der Waals surface area contributed by atoms with Crippen molar-refractivity contribution in [3.8, 4) is 5.69 Å².